The second kappa shape index (κ2) is 7.73. The van der Waals surface area contributed by atoms with Gasteiger partial charge < -0.3 is 19.8 Å². The molecule has 1 atom stereocenters. The Morgan fingerprint density at radius 1 is 1.59 bits per heavy atom. The van der Waals surface area contributed by atoms with Gasteiger partial charge in [-0.2, -0.15) is 0 Å². The molecule has 1 rings (SSSR count). The molecule has 0 saturated carbocycles. The van der Waals surface area contributed by atoms with Gasteiger partial charge in [-0.3, -0.25) is 4.99 Å². The zero-order valence-corrected chi connectivity index (χ0v) is 10.7. The van der Waals surface area contributed by atoms with Crippen LogP contribution < -0.4 is 10.6 Å². The summed E-state index contributed by atoms with van der Waals surface area (Å²) in [6.45, 7) is 3.48. The second-order valence-electron chi connectivity index (χ2n) is 3.83. The molecule has 0 aliphatic carbocycles. The summed E-state index contributed by atoms with van der Waals surface area (Å²) in [7, 11) is 3.44. The molecular formula is C12H21N3O2. The van der Waals surface area contributed by atoms with Gasteiger partial charge in [-0.05, 0) is 19.1 Å². The molecule has 0 spiro atoms. The predicted molar refractivity (Wildman–Crippen MR) is 68.2 cm³/mol. The predicted octanol–water partition coefficient (Wildman–Crippen LogP) is 1.02. The van der Waals surface area contributed by atoms with Gasteiger partial charge in [-0.25, -0.2) is 0 Å². The summed E-state index contributed by atoms with van der Waals surface area (Å²) < 4.78 is 10.3. The summed E-state index contributed by atoms with van der Waals surface area (Å²) in [4.78, 5) is 4.14. The summed E-state index contributed by atoms with van der Waals surface area (Å²) in [5.74, 6) is 1.75. The summed E-state index contributed by atoms with van der Waals surface area (Å²) in [6, 6.07) is 4.09. The first-order valence-corrected chi connectivity index (χ1v) is 5.74. The molecule has 0 aliphatic heterocycles. The topological polar surface area (TPSA) is 58.8 Å². The number of furan rings is 1. The van der Waals surface area contributed by atoms with Crippen LogP contribution >= 0.6 is 0 Å². The summed E-state index contributed by atoms with van der Waals surface area (Å²) in [5, 5.41) is 6.45. The molecule has 1 aromatic heterocycles. The molecule has 0 aliphatic rings. The third kappa shape index (κ3) is 5.40. The standard InChI is InChI=1S/C12H21N3O2/c1-10(9-16-3)15-12(13-2)14-7-6-11-5-4-8-17-11/h4-5,8,10H,6-7,9H2,1-3H3,(H2,13,14,15). The number of guanidine groups is 1. The minimum atomic E-state index is 0.231. The molecule has 0 aromatic carbocycles. The van der Waals surface area contributed by atoms with Crippen molar-refractivity contribution in [1.29, 1.82) is 0 Å². The number of rotatable bonds is 6. The Labute approximate surface area is 102 Å². The molecule has 1 unspecified atom stereocenters. The Balaban J connectivity index is 2.23. The Morgan fingerprint density at radius 3 is 3.00 bits per heavy atom. The van der Waals surface area contributed by atoms with Crippen LogP contribution in [0.3, 0.4) is 0 Å². The van der Waals surface area contributed by atoms with Crippen molar-refractivity contribution in [2.24, 2.45) is 4.99 Å². The van der Waals surface area contributed by atoms with Crippen LogP contribution in [0.15, 0.2) is 27.8 Å². The van der Waals surface area contributed by atoms with Crippen molar-refractivity contribution in [2.45, 2.75) is 19.4 Å². The lowest BCUT2D eigenvalue weighted by atomic mass is 10.3. The highest BCUT2D eigenvalue weighted by Crippen LogP contribution is 1.99. The van der Waals surface area contributed by atoms with E-state index in [-0.39, 0.29) is 6.04 Å². The lowest BCUT2D eigenvalue weighted by Gasteiger charge is -2.16. The zero-order chi connectivity index (χ0) is 12.5. The number of ether oxygens (including phenoxy) is 1. The summed E-state index contributed by atoms with van der Waals surface area (Å²) in [5.41, 5.74) is 0. The van der Waals surface area contributed by atoms with Gasteiger partial charge in [-0.1, -0.05) is 0 Å². The largest absolute Gasteiger partial charge is 0.469 e. The number of nitrogens with one attached hydrogen (secondary N) is 2. The fraction of sp³-hybridized carbons (Fsp3) is 0.583. The van der Waals surface area contributed by atoms with E-state index in [1.807, 2.05) is 19.1 Å². The molecule has 0 bridgehead atoms. The summed E-state index contributed by atoms with van der Waals surface area (Å²) >= 11 is 0. The summed E-state index contributed by atoms with van der Waals surface area (Å²) in [6.07, 6.45) is 2.52. The van der Waals surface area contributed by atoms with Crippen LogP contribution in [0.5, 0.6) is 0 Å². The van der Waals surface area contributed by atoms with Crippen molar-refractivity contribution in [3.63, 3.8) is 0 Å². The maximum absolute atomic E-state index is 5.25. The van der Waals surface area contributed by atoms with E-state index >= 15 is 0 Å². The van der Waals surface area contributed by atoms with E-state index in [4.69, 9.17) is 9.15 Å². The molecule has 2 N–H and O–H groups in total. The van der Waals surface area contributed by atoms with Gasteiger partial charge in [0.05, 0.1) is 12.9 Å². The van der Waals surface area contributed by atoms with E-state index < -0.39 is 0 Å². The van der Waals surface area contributed by atoms with Crippen molar-refractivity contribution in [1.82, 2.24) is 10.6 Å². The van der Waals surface area contributed by atoms with Crippen molar-refractivity contribution >= 4 is 5.96 Å². The van der Waals surface area contributed by atoms with Gasteiger partial charge in [0.1, 0.15) is 5.76 Å². The zero-order valence-electron chi connectivity index (χ0n) is 10.7. The number of methoxy groups -OCH3 is 1. The fourth-order valence-electron chi connectivity index (χ4n) is 1.48. The van der Waals surface area contributed by atoms with Gasteiger partial charge in [0, 0.05) is 33.2 Å². The molecule has 0 fully saturated rings. The lowest BCUT2D eigenvalue weighted by Crippen LogP contribution is -2.44. The monoisotopic (exact) mass is 239 g/mol. The van der Waals surface area contributed by atoms with Crippen LogP contribution in [-0.4, -0.2) is 39.3 Å². The minimum absolute atomic E-state index is 0.231. The number of hydrogen-bond acceptors (Lipinski definition) is 3. The van der Waals surface area contributed by atoms with Gasteiger partial charge in [0.2, 0.25) is 0 Å². The molecule has 17 heavy (non-hydrogen) atoms. The number of aliphatic imine (C=N–C) groups is 1. The fourth-order valence-corrected chi connectivity index (χ4v) is 1.48. The maximum Gasteiger partial charge on any atom is 0.191 e. The molecule has 0 saturated heterocycles. The van der Waals surface area contributed by atoms with Crippen LogP contribution in [0.2, 0.25) is 0 Å². The first kappa shape index (κ1) is 13.6. The third-order valence-electron chi connectivity index (χ3n) is 2.27. The van der Waals surface area contributed by atoms with E-state index in [1.165, 1.54) is 0 Å². The normalized spacial score (nSPS) is 13.5. The number of hydrogen-bond donors (Lipinski definition) is 2. The minimum Gasteiger partial charge on any atom is -0.469 e. The van der Waals surface area contributed by atoms with Crippen LogP contribution in [0.25, 0.3) is 0 Å². The van der Waals surface area contributed by atoms with Gasteiger partial charge >= 0.3 is 0 Å². The van der Waals surface area contributed by atoms with Gasteiger partial charge in [-0.15, -0.1) is 0 Å². The Kier molecular flexibility index (Phi) is 6.17. The highest BCUT2D eigenvalue weighted by Gasteiger charge is 2.04. The van der Waals surface area contributed by atoms with Gasteiger partial charge in [0.25, 0.3) is 0 Å². The first-order valence-electron chi connectivity index (χ1n) is 5.74. The second-order valence-corrected chi connectivity index (χ2v) is 3.83. The quantitative estimate of drug-likeness (QED) is 0.575. The van der Waals surface area contributed by atoms with E-state index in [2.05, 4.69) is 15.6 Å². The maximum atomic E-state index is 5.25. The molecular weight excluding hydrogens is 218 g/mol. The number of nitrogens with zero attached hydrogens (tertiary/aromatic N) is 1. The average molecular weight is 239 g/mol. The average Bonchev–Trinajstić information content (AvgIpc) is 2.81. The first-order chi connectivity index (χ1) is 8.26. The van der Waals surface area contributed by atoms with Crippen LogP contribution in [0.1, 0.15) is 12.7 Å². The SMILES string of the molecule is CN=C(NCCc1ccco1)NC(C)COC. The van der Waals surface area contributed by atoms with E-state index in [9.17, 15) is 0 Å². The lowest BCUT2D eigenvalue weighted by molar-refractivity contribution is 0.179. The van der Waals surface area contributed by atoms with Crippen molar-refractivity contribution in [3.05, 3.63) is 24.2 Å². The van der Waals surface area contributed by atoms with Crippen LogP contribution in [-0.2, 0) is 11.2 Å². The smallest absolute Gasteiger partial charge is 0.191 e. The Morgan fingerprint density at radius 2 is 2.41 bits per heavy atom. The van der Waals surface area contributed by atoms with Crippen molar-refractivity contribution in [2.75, 3.05) is 27.3 Å². The van der Waals surface area contributed by atoms with Crippen LogP contribution in [0, 0.1) is 0 Å². The Bertz CT molecular complexity index is 323. The molecule has 1 heterocycles. The molecule has 5 nitrogen and oxygen atoms in total. The van der Waals surface area contributed by atoms with Crippen molar-refractivity contribution in [3.8, 4) is 0 Å². The third-order valence-corrected chi connectivity index (χ3v) is 2.27. The molecule has 96 valence electrons. The van der Waals surface area contributed by atoms with Gasteiger partial charge in [0.15, 0.2) is 5.96 Å². The molecule has 1 aromatic rings. The van der Waals surface area contributed by atoms with Crippen LogP contribution in [0.4, 0.5) is 0 Å². The molecule has 0 radical (unpaired) electrons. The molecule has 0 amide bonds. The highest BCUT2D eigenvalue weighted by atomic mass is 16.5. The van der Waals surface area contributed by atoms with Crippen molar-refractivity contribution < 1.29 is 9.15 Å². The molecule has 5 heteroatoms. The van der Waals surface area contributed by atoms with E-state index in [0.717, 1.165) is 24.7 Å². The Hall–Kier alpha value is -1.49. The van der Waals surface area contributed by atoms with E-state index in [0.29, 0.717) is 6.61 Å². The van der Waals surface area contributed by atoms with E-state index in [1.54, 1.807) is 20.4 Å². The highest BCUT2D eigenvalue weighted by molar-refractivity contribution is 5.79.